The molecule has 6 nitrogen and oxygen atoms in total. The molecule has 2 aromatic rings. The summed E-state index contributed by atoms with van der Waals surface area (Å²) in [6.07, 6.45) is 0.150. The minimum atomic E-state index is -0.433. The fraction of sp³-hybridized carbons (Fsp3) is 0.348. The Hall–Kier alpha value is -3.15. The average Bonchev–Trinajstić information content (AvgIpc) is 2.67. The van der Waals surface area contributed by atoms with Crippen molar-refractivity contribution in [2.45, 2.75) is 39.5 Å². The zero-order valence-electron chi connectivity index (χ0n) is 17.6. The van der Waals surface area contributed by atoms with Gasteiger partial charge in [-0.25, -0.2) is 4.79 Å². The number of carbonyl (C=O) groups excluding carboxylic acids is 3. The number of anilines is 2. The summed E-state index contributed by atoms with van der Waals surface area (Å²) in [7, 11) is 1.32. The lowest BCUT2D eigenvalue weighted by atomic mass is 9.85. The van der Waals surface area contributed by atoms with Gasteiger partial charge < -0.3 is 15.0 Å². The fourth-order valence-corrected chi connectivity index (χ4v) is 3.04. The van der Waals surface area contributed by atoms with Gasteiger partial charge in [0.15, 0.2) is 0 Å². The lowest BCUT2D eigenvalue weighted by Crippen LogP contribution is -2.34. The molecule has 29 heavy (non-hydrogen) atoms. The Balaban J connectivity index is 2.07. The van der Waals surface area contributed by atoms with E-state index in [1.54, 1.807) is 29.2 Å². The number of benzene rings is 2. The molecule has 0 saturated heterocycles. The van der Waals surface area contributed by atoms with Gasteiger partial charge in [-0.15, -0.1) is 0 Å². The van der Waals surface area contributed by atoms with Gasteiger partial charge >= 0.3 is 5.97 Å². The number of methoxy groups -OCH3 is 1. The quantitative estimate of drug-likeness (QED) is 0.744. The van der Waals surface area contributed by atoms with E-state index in [1.165, 1.54) is 14.0 Å². The van der Waals surface area contributed by atoms with Crippen LogP contribution >= 0.6 is 0 Å². The Bertz CT molecular complexity index is 882. The first-order valence-corrected chi connectivity index (χ1v) is 9.49. The van der Waals surface area contributed by atoms with Crippen molar-refractivity contribution in [2.24, 2.45) is 0 Å². The first kappa shape index (κ1) is 22.1. The molecular formula is C23H28N2O4. The Morgan fingerprint density at radius 2 is 1.62 bits per heavy atom. The molecular weight excluding hydrogens is 368 g/mol. The number of ether oxygens (including phenoxy) is 1. The SMILES string of the molecule is COC(=O)c1ccc(NC(=O)CCN(C(C)=O)c2ccccc2C(C)(C)C)cc1. The highest BCUT2D eigenvalue weighted by Gasteiger charge is 2.23. The summed E-state index contributed by atoms with van der Waals surface area (Å²) in [4.78, 5) is 37.8. The summed E-state index contributed by atoms with van der Waals surface area (Å²) in [5, 5.41) is 2.79. The Morgan fingerprint density at radius 1 is 1.00 bits per heavy atom. The number of hydrogen-bond acceptors (Lipinski definition) is 4. The van der Waals surface area contributed by atoms with Gasteiger partial charge in [-0.2, -0.15) is 0 Å². The van der Waals surface area contributed by atoms with Crippen molar-refractivity contribution in [1.82, 2.24) is 0 Å². The standard InChI is InChI=1S/C23H28N2O4/c1-16(26)25(20-9-7-6-8-19(20)23(2,3)4)15-14-21(27)24-18-12-10-17(11-13-18)22(28)29-5/h6-13H,14-15H2,1-5H3,(H,24,27). The average molecular weight is 396 g/mol. The zero-order chi connectivity index (χ0) is 21.6. The number of rotatable bonds is 6. The molecule has 0 unspecified atom stereocenters. The normalized spacial score (nSPS) is 10.9. The molecule has 2 aromatic carbocycles. The van der Waals surface area contributed by atoms with Crippen LogP contribution in [0.5, 0.6) is 0 Å². The highest BCUT2D eigenvalue weighted by atomic mass is 16.5. The van der Waals surface area contributed by atoms with Crippen LogP contribution < -0.4 is 10.2 Å². The molecule has 154 valence electrons. The van der Waals surface area contributed by atoms with Gasteiger partial charge in [0.25, 0.3) is 0 Å². The smallest absolute Gasteiger partial charge is 0.337 e. The predicted octanol–water partition coefficient (Wildman–Crippen LogP) is 4.15. The van der Waals surface area contributed by atoms with Crippen LogP contribution in [0.25, 0.3) is 0 Å². The molecule has 0 fully saturated rings. The van der Waals surface area contributed by atoms with E-state index in [1.807, 2.05) is 24.3 Å². The fourth-order valence-electron chi connectivity index (χ4n) is 3.04. The summed E-state index contributed by atoms with van der Waals surface area (Å²) in [5.74, 6) is -0.760. The summed E-state index contributed by atoms with van der Waals surface area (Å²) < 4.78 is 4.66. The van der Waals surface area contributed by atoms with Crippen LogP contribution in [0.1, 0.15) is 50.0 Å². The highest BCUT2D eigenvalue weighted by molar-refractivity contribution is 5.96. The number of nitrogens with one attached hydrogen (secondary N) is 1. The molecule has 0 bridgehead atoms. The maximum atomic E-state index is 12.4. The number of esters is 1. The summed E-state index contributed by atoms with van der Waals surface area (Å²) in [5.41, 5.74) is 2.73. The minimum Gasteiger partial charge on any atom is -0.465 e. The Morgan fingerprint density at radius 3 is 2.17 bits per heavy atom. The van der Waals surface area contributed by atoms with Gasteiger partial charge in [-0.3, -0.25) is 9.59 Å². The molecule has 0 spiro atoms. The Labute approximate surface area is 171 Å². The first-order valence-electron chi connectivity index (χ1n) is 9.49. The molecule has 0 saturated carbocycles. The summed E-state index contributed by atoms with van der Waals surface area (Å²) in [6.45, 7) is 8.05. The van der Waals surface area contributed by atoms with E-state index < -0.39 is 5.97 Å². The van der Waals surface area contributed by atoms with Crippen LogP contribution in [-0.2, 0) is 19.7 Å². The largest absolute Gasteiger partial charge is 0.465 e. The molecule has 0 aliphatic carbocycles. The predicted molar refractivity (Wildman–Crippen MR) is 114 cm³/mol. The molecule has 1 N–H and O–H groups in total. The van der Waals surface area contributed by atoms with E-state index in [2.05, 4.69) is 30.8 Å². The number of para-hydroxylation sites is 1. The minimum absolute atomic E-state index is 0.114. The number of carbonyl (C=O) groups is 3. The van der Waals surface area contributed by atoms with Gasteiger partial charge in [0.2, 0.25) is 11.8 Å². The second-order valence-corrected chi connectivity index (χ2v) is 7.80. The van der Waals surface area contributed by atoms with Crippen molar-refractivity contribution >= 4 is 29.2 Å². The van der Waals surface area contributed by atoms with Crippen LogP contribution in [0.2, 0.25) is 0 Å². The van der Waals surface area contributed by atoms with Gasteiger partial charge in [-0.05, 0) is 41.3 Å². The number of nitrogens with zero attached hydrogens (tertiary/aromatic N) is 1. The van der Waals surface area contributed by atoms with Crippen molar-refractivity contribution in [3.63, 3.8) is 0 Å². The summed E-state index contributed by atoms with van der Waals surface area (Å²) >= 11 is 0. The van der Waals surface area contributed by atoms with Crippen LogP contribution in [0.3, 0.4) is 0 Å². The zero-order valence-corrected chi connectivity index (χ0v) is 17.6. The van der Waals surface area contributed by atoms with Gasteiger partial charge in [-0.1, -0.05) is 39.0 Å². The molecule has 0 aliphatic rings. The molecule has 2 amide bonds. The molecule has 6 heteroatoms. The lowest BCUT2D eigenvalue weighted by Gasteiger charge is -2.29. The van der Waals surface area contributed by atoms with Gasteiger partial charge in [0.1, 0.15) is 0 Å². The second kappa shape index (κ2) is 9.37. The van der Waals surface area contributed by atoms with E-state index in [4.69, 9.17) is 0 Å². The highest BCUT2D eigenvalue weighted by Crippen LogP contribution is 2.32. The molecule has 0 aliphatic heterocycles. The van der Waals surface area contributed by atoms with Crippen LogP contribution in [0, 0.1) is 0 Å². The third-order valence-electron chi connectivity index (χ3n) is 4.54. The van der Waals surface area contributed by atoms with Crippen molar-refractivity contribution in [2.75, 3.05) is 23.9 Å². The number of amides is 2. The molecule has 2 rings (SSSR count). The Kier molecular flexibility index (Phi) is 7.15. The van der Waals surface area contributed by atoms with Gasteiger partial charge in [0.05, 0.1) is 12.7 Å². The maximum Gasteiger partial charge on any atom is 0.337 e. The van der Waals surface area contributed by atoms with Crippen LogP contribution in [-0.4, -0.2) is 31.4 Å². The molecule has 0 aromatic heterocycles. The molecule has 0 heterocycles. The van der Waals surface area contributed by atoms with Gasteiger partial charge in [0, 0.05) is 31.3 Å². The number of hydrogen-bond donors (Lipinski definition) is 1. The summed E-state index contributed by atoms with van der Waals surface area (Å²) in [6, 6.07) is 14.2. The van der Waals surface area contributed by atoms with E-state index in [9.17, 15) is 14.4 Å². The monoisotopic (exact) mass is 396 g/mol. The maximum absolute atomic E-state index is 12.4. The lowest BCUT2D eigenvalue weighted by molar-refractivity contribution is -0.117. The second-order valence-electron chi connectivity index (χ2n) is 7.80. The van der Waals surface area contributed by atoms with Crippen LogP contribution in [0.15, 0.2) is 48.5 Å². The third kappa shape index (κ3) is 5.91. The van der Waals surface area contributed by atoms with Crippen molar-refractivity contribution < 1.29 is 19.1 Å². The van der Waals surface area contributed by atoms with E-state index in [0.717, 1.165) is 11.3 Å². The first-order chi connectivity index (χ1) is 13.6. The molecule has 0 atom stereocenters. The van der Waals surface area contributed by atoms with Crippen LogP contribution in [0.4, 0.5) is 11.4 Å². The molecule has 0 radical (unpaired) electrons. The van der Waals surface area contributed by atoms with E-state index in [0.29, 0.717) is 11.3 Å². The van der Waals surface area contributed by atoms with E-state index >= 15 is 0 Å². The van der Waals surface area contributed by atoms with Crippen molar-refractivity contribution in [1.29, 1.82) is 0 Å². The van der Waals surface area contributed by atoms with Crippen molar-refractivity contribution in [3.8, 4) is 0 Å². The van der Waals surface area contributed by atoms with Crippen molar-refractivity contribution in [3.05, 3.63) is 59.7 Å². The topological polar surface area (TPSA) is 75.7 Å². The third-order valence-corrected chi connectivity index (χ3v) is 4.54. The van der Waals surface area contributed by atoms with E-state index in [-0.39, 0.29) is 30.2 Å².